The molecule has 4 rings (SSSR count). The van der Waals surface area contributed by atoms with Gasteiger partial charge in [-0.05, 0) is 47.5 Å². The van der Waals surface area contributed by atoms with Crippen LogP contribution in [0.2, 0.25) is 0 Å². The second-order valence-corrected chi connectivity index (χ2v) is 7.68. The first-order valence-corrected chi connectivity index (χ1v) is 11.0. The number of ketones is 2. The summed E-state index contributed by atoms with van der Waals surface area (Å²) < 4.78 is 0. The van der Waals surface area contributed by atoms with Gasteiger partial charge in [0.05, 0.1) is 0 Å². The van der Waals surface area contributed by atoms with E-state index >= 15 is 0 Å². The standard InChI is InChI=1S/C30H22N2O3/c33-29(25-7-3-1-4-8-25)21-15-23-11-17-27(18-12-23)31-32(35)28-19-13-24(14-20-28)16-22-30(34)26-9-5-2-6-10-26/h1-22H/b21-15+,22-16?,32-31?. The number of allylic oxidation sites excluding steroid dienone is 2. The molecule has 0 bridgehead atoms. The number of nitrogens with zero attached hydrogens (tertiary/aromatic N) is 2. The highest BCUT2D eigenvalue weighted by molar-refractivity contribution is 6.07. The van der Waals surface area contributed by atoms with Crippen LogP contribution in [0, 0.1) is 5.21 Å². The predicted molar refractivity (Wildman–Crippen MR) is 138 cm³/mol. The summed E-state index contributed by atoms with van der Waals surface area (Å²) >= 11 is 0. The normalized spacial score (nSPS) is 11.7. The van der Waals surface area contributed by atoms with E-state index in [1.54, 1.807) is 84.9 Å². The molecular weight excluding hydrogens is 436 g/mol. The van der Waals surface area contributed by atoms with Gasteiger partial charge in [0.15, 0.2) is 11.6 Å². The van der Waals surface area contributed by atoms with Crippen molar-refractivity contribution in [1.82, 2.24) is 0 Å². The fourth-order valence-electron chi connectivity index (χ4n) is 3.27. The van der Waals surface area contributed by atoms with Crippen LogP contribution in [0.4, 0.5) is 11.4 Å². The Labute approximate surface area is 203 Å². The second-order valence-electron chi connectivity index (χ2n) is 7.68. The first-order valence-electron chi connectivity index (χ1n) is 11.0. The average Bonchev–Trinajstić information content (AvgIpc) is 2.92. The van der Waals surface area contributed by atoms with Crippen LogP contribution >= 0.6 is 0 Å². The van der Waals surface area contributed by atoms with Gasteiger partial charge in [-0.1, -0.05) is 89.8 Å². The van der Waals surface area contributed by atoms with E-state index in [9.17, 15) is 14.8 Å². The molecule has 0 aliphatic carbocycles. The van der Waals surface area contributed by atoms with E-state index in [0.29, 0.717) is 27.4 Å². The van der Waals surface area contributed by atoms with Gasteiger partial charge in [0.25, 0.3) is 0 Å². The SMILES string of the molecule is O=C(C=Cc1ccc([N+]([O-])=Nc2ccc(/C=C/C(=O)c3ccccc3)cc2)cc1)c1ccccc1. The van der Waals surface area contributed by atoms with E-state index in [-0.39, 0.29) is 11.6 Å². The zero-order chi connectivity index (χ0) is 24.5. The van der Waals surface area contributed by atoms with Crippen molar-refractivity contribution >= 4 is 35.1 Å². The summed E-state index contributed by atoms with van der Waals surface area (Å²) in [4.78, 5) is 24.9. The van der Waals surface area contributed by atoms with Gasteiger partial charge >= 0.3 is 0 Å². The van der Waals surface area contributed by atoms with E-state index in [1.807, 2.05) is 36.4 Å². The molecule has 4 aromatic carbocycles. The lowest BCUT2D eigenvalue weighted by atomic mass is 10.1. The van der Waals surface area contributed by atoms with Gasteiger partial charge in [-0.15, -0.1) is 0 Å². The molecule has 0 aromatic heterocycles. The molecule has 0 fully saturated rings. The predicted octanol–water partition coefficient (Wildman–Crippen LogP) is 7.40. The molecule has 4 aromatic rings. The van der Waals surface area contributed by atoms with Crippen molar-refractivity contribution in [3.05, 3.63) is 149 Å². The van der Waals surface area contributed by atoms with E-state index in [1.165, 1.54) is 12.2 Å². The van der Waals surface area contributed by atoms with Crippen LogP contribution < -0.4 is 0 Å². The zero-order valence-corrected chi connectivity index (χ0v) is 18.8. The van der Waals surface area contributed by atoms with Crippen LogP contribution in [0.5, 0.6) is 0 Å². The molecule has 0 radical (unpaired) electrons. The third-order valence-electron chi connectivity index (χ3n) is 5.18. The van der Waals surface area contributed by atoms with E-state index in [4.69, 9.17) is 0 Å². The average molecular weight is 459 g/mol. The lowest BCUT2D eigenvalue weighted by Crippen LogP contribution is -1.93. The third-order valence-corrected chi connectivity index (χ3v) is 5.18. The largest absolute Gasteiger partial charge is 0.594 e. The fraction of sp³-hybridized carbons (Fsp3) is 0. The summed E-state index contributed by atoms with van der Waals surface area (Å²) in [5.41, 5.74) is 3.73. The highest BCUT2D eigenvalue weighted by Gasteiger charge is 2.05. The lowest BCUT2D eigenvalue weighted by molar-refractivity contribution is -0.435. The molecule has 0 heterocycles. The molecule has 0 N–H and O–H groups in total. The monoisotopic (exact) mass is 458 g/mol. The van der Waals surface area contributed by atoms with Crippen molar-refractivity contribution in [3.8, 4) is 0 Å². The molecule has 0 saturated heterocycles. The van der Waals surface area contributed by atoms with Crippen LogP contribution in [-0.4, -0.2) is 16.4 Å². The molecular formula is C30H22N2O3. The first-order chi connectivity index (χ1) is 17.1. The lowest BCUT2D eigenvalue weighted by Gasteiger charge is -2.01. The molecule has 5 nitrogen and oxygen atoms in total. The molecule has 0 saturated carbocycles. The van der Waals surface area contributed by atoms with Gasteiger partial charge in [-0.2, -0.15) is 0 Å². The molecule has 0 unspecified atom stereocenters. The minimum Gasteiger partial charge on any atom is -0.594 e. The van der Waals surface area contributed by atoms with Gasteiger partial charge in [-0.3, -0.25) is 9.59 Å². The van der Waals surface area contributed by atoms with Crippen LogP contribution in [0.25, 0.3) is 12.2 Å². The Balaban J connectivity index is 1.38. The maximum Gasteiger partial charge on any atom is 0.244 e. The number of rotatable bonds is 8. The van der Waals surface area contributed by atoms with Crippen LogP contribution in [0.3, 0.4) is 0 Å². The quantitative estimate of drug-likeness (QED) is 0.0907. The number of benzene rings is 4. The number of hydrogen-bond acceptors (Lipinski definition) is 4. The second kappa shape index (κ2) is 11.3. The fourth-order valence-corrected chi connectivity index (χ4v) is 3.27. The smallest absolute Gasteiger partial charge is 0.244 e. The minimum atomic E-state index is -0.0853. The van der Waals surface area contributed by atoms with Crippen molar-refractivity contribution in [3.63, 3.8) is 0 Å². The van der Waals surface area contributed by atoms with Crippen LogP contribution in [-0.2, 0) is 0 Å². The van der Waals surface area contributed by atoms with E-state index < -0.39 is 0 Å². The maximum atomic E-state index is 12.5. The molecule has 5 heteroatoms. The Morgan fingerprint density at radius 3 is 1.49 bits per heavy atom. The molecule has 0 aliphatic heterocycles. The maximum absolute atomic E-state index is 12.5. The summed E-state index contributed by atoms with van der Waals surface area (Å²) in [6.07, 6.45) is 6.46. The van der Waals surface area contributed by atoms with Crippen molar-refractivity contribution < 1.29 is 14.4 Å². The van der Waals surface area contributed by atoms with Crippen LogP contribution in [0.15, 0.2) is 126 Å². The minimum absolute atomic E-state index is 0.0761. The van der Waals surface area contributed by atoms with Gasteiger partial charge in [0.1, 0.15) is 5.69 Å². The molecule has 170 valence electrons. The summed E-state index contributed by atoms with van der Waals surface area (Å²) in [5.74, 6) is -0.161. The molecule has 0 spiro atoms. The number of carbonyl (C=O) groups is 2. The highest BCUT2D eigenvalue weighted by Crippen LogP contribution is 2.20. The summed E-state index contributed by atoms with van der Waals surface area (Å²) in [6.45, 7) is 0. The number of azo groups is 1. The molecule has 0 amide bonds. The van der Waals surface area contributed by atoms with Crippen molar-refractivity contribution in [1.29, 1.82) is 0 Å². The number of hydrogen-bond donors (Lipinski definition) is 0. The topological polar surface area (TPSA) is 72.6 Å². The Kier molecular flexibility index (Phi) is 7.51. The summed E-state index contributed by atoms with van der Waals surface area (Å²) in [5, 5.41) is 16.5. The Morgan fingerprint density at radius 2 is 1.03 bits per heavy atom. The van der Waals surface area contributed by atoms with Gasteiger partial charge in [0.2, 0.25) is 5.69 Å². The highest BCUT2D eigenvalue weighted by atomic mass is 16.5. The molecule has 35 heavy (non-hydrogen) atoms. The Morgan fingerprint density at radius 1 is 0.600 bits per heavy atom. The van der Waals surface area contributed by atoms with Crippen molar-refractivity contribution in [2.24, 2.45) is 5.11 Å². The van der Waals surface area contributed by atoms with Gasteiger partial charge in [0, 0.05) is 28.4 Å². The van der Waals surface area contributed by atoms with Crippen LogP contribution in [0.1, 0.15) is 31.8 Å². The number of carbonyl (C=O) groups excluding carboxylic acids is 2. The summed E-state index contributed by atoms with van der Waals surface area (Å²) in [7, 11) is 0. The third kappa shape index (κ3) is 6.55. The van der Waals surface area contributed by atoms with Crippen molar-refractivity contribution in [2.45, 2.75) is 0 Å². The first kappa shape index (κ1) is 23.3. The van der Waals surface area contributed by atoms with E-state index in [0.717, 1.165) is 11.1 Å². The molecule has 0 aliphatic rings. The molecule has 0 atom stereocenters. The summed E-state index contributed by atoms with van der Waals surface area (Å²) in [6, 6.07) is 31.9. The zero-order valence-electron chi connectivity index (χ0n) is 18.8. The van der Waals surface area contributed by atoms with Gasteiger partial charge in [-0.25, -0.2) is 0 Å². The Bertz CT molecular complexity index is 1390. The van der Waals surface area contributed by atoms with E-state index in [2.05, 4.69) is 5.11 Å². The van der Waals surface area contributed by atoms with Gasteiger partial charge < -0.3 is 5.21 Å². The van der Waals surface area contributed by atoms with Crippen molar-refractivity contribution in [2.75, 3.05) is 0 Å². The Hall–Kier alpha value is -4.90.